The van der Waals surface area contributed by atoms with Crippen molar-refractivity contribution >= 4 is 23.4 Å². The second-order valence-electron chi connectivity index (χ2n) is 7.48. The molecule has 2 aromatic carbocycles. The molecule has 1 atom stereocenters. The van der Waals surface area contributed by atoms with Gasteiger partial charge in [0.1, 0.15) is 11.8 Å². The molecule has 2 rings (SSSR count). The lowest BCUT2D eigenvalue weighted by Crippen LogP contribution is -2.50. The Morgan fingerprint density at radius 3 is 2.45 bits per heavy atom. The summed E-state index contributed by atoms with van der Waals surface area (Å²) in [6.07, 6.45) is 0. The van der Waals surface area contributed by atoms with Gasteiger partial charge in [-0.3, -0.25) is 9.59 Å². The molecule has 5 nitrogen and oxygen atoms in total. The predicted molar refractivity (Wildman–Crippen MR) is 116 cm³/mol. The maximum atomic E-state index is 13.0. The van der Waals surface area contributed by atoms with Gasteiger partial charge in [0.25, 0.3) is 5.91 Å². The van der Waals surface area contributed by atoms with Crippen molar-refractivity contribution in [1.29, 1.82) is 0 Å². The quantitative estimate of drug-likeness (QED) is 0.698. The van der Waals surface area contributed by atoms with Crippen LogP contribution in [-0.2, 0) is 16.1 Å². The third-order valence-corrected chi connectivity index (χ3v) is 4.98. The van der Waals surface area contributed by atoms with Crippen molar-refractivity contribution in [2.45, 2.75) is 53.2 Å². The van der Waals surface area contributed by atoms with Gasteiger partial charge in [0.15, 0.2) is 6.61 Å². The van der Waals surface area contributed by atoms with Crippen molar-refractivity contribution in [2.75, 3.05) is 6.61 Å². The second kappa shape index (κ2) is 10.3. The van der Waals surface area contributed by atoms with Crippen molar-refractivity contribution in [1.82, 2.24) is 10.2 Å². The fraction of sp³-hybridized carbons (Fsp3) is 0.391. The molecule has 0 aliphatic heterocycles. The molecule has 0 aromatic heterocycles. The van der Waals surface area contributed by atoms with Gasteiger partial charge in [0, 0.05) is 17.6 Å². The lowest BCUT2D eigenvalue weighted by molar-refractivity contribution is -0.142. The van der Waals surface area contributed by atoms with Crippen molar-refractivity contribution in [2.24, 2.45) is 0 Å². The van der Waals surface area contributed by atoms with Gasteiger partial charge in [-0.15, -0.1) is 0 Å². The highest BCUT2D eigenvalue weighted by atomic mass is 35.5. The van der Waals surface area contributed by atoms with Crippen LogP contribution in [0.4, 0.5) is 0 Å². The van der Waals surface area contributed by atoms with Crippen LogP contribution in [0.5, 0.6) is 5.75 Å². The van der Waals surface area contributed by atoms with Gasteiger partial charge in [-0.05, 0) is 69.5 Å². The van der Waals surface area contributed by atoms with Crippen LogP contribution in [0.2, 0.25) is 5.02 Å². The third kappa shape index (κ3) is 6.50. The van der Waals surface area contributed by atoms with E-state index in [1.807, 2.05) is 58.0 Å². The number of ether oxygens (including phenoxy) is 1. The zero-order chi connectivity index (χ0) is 21.6. The van der Waals surface area contributed by atoms with E-state index in [0.717, 1.165) is 16.7 Å². The van der Waals surface area contributed by atoms with Crippen LogP contribution in [0.3, 0.4) is 0 Å². The number of nitrogens with zero attached hydrogens (tertiary/aromatic N) is 1. The molecule has 0 fully saturated rings. The van der Waals surface area contributed by atoms with Gasteiger partial charge in [-0.25, -0.2) is 0 Å². The minimum Gasteiger partial charge on any atom is -0.483 e. The van der Waals surface area contributed by atoms with Crippen LogP contribution in [0.25, 0.3) is 0 Å². The van der Waals surface area contributed by atoms with Crippen molar-refractivity contribution in [3.63, 3.8) is 0 Å². The number of halogens is 1. The average molecular weight is 417 g/mol. The van der Waals surface area contributed by atoms with Crippen molar-refractivity contribution in [3.8, 4) is 5.75 Å². The van der Waals surface area contributed by atoms with Crippen LogP contribution >= 0.6 is 11.6 Å². The third-order valence-electron chi connectivity index (χ3n) is 4.75. The van der Waals surface area contributed by atoms with Gasteiger partial charge < -0.3 is 15.0 Å². The van der Waals surface area contributed by atoms with Gasteiger partial charge in [-0.1, -0.05) is 35.9 Å². The van der Waals surface area contributed by atoms with Crippen LogP contribution < -0.4 is 10.1 Å². The zero-order valence-electron chi connectivity index (χ0n) is 17.7. The highest BCUT2D eigenvalue weighted by molar-refractivity contribution is 6.30. The first-order valence-electron chi connectivity index (χ1n) is 9.72. The highest BCUT2D eigenvalue weighted by Gasteiger charge is 2.27. The molecule has 2 aromatic rings. The van der Waals surface area contributed by atoms with E-state index < -0.39 is 6.04 Å². The Balaban J connectivity index is 2.19. The molecule has 0 saturated carbocycles. The largest absolute Gasteiger partial charge is 0.483 e. The minimum absolute atomic E-state index is 0.0146. The Morgan fingerprint density at radius 1 is 1.10 bits per heavy atom. The molecule has 0 spiro atoms. The number of hydrogen-bond acceptors (Lipinski definition) is 3. The van der Waals surface area contributed by atoms with E-state index in [0.29, 0.717) is 10.8 Å². The molecule has 0 heterocycles. The van der Waals surface area contributed by atoms with E-state index in [1.54, 1.807) is 19.1 Å². The van der Waals surface area contributed by atoms with Gasteiger partial charge in [-0.2, -0.15) is 0 Å². The van der Waals surface area contributed by atoms with Crippen molar-refractivity contribution in [3.05, 3.63) is 64.2 Å². The maximum Gasteiger partial charge on any atom is 0.261 e. The SMILES string of the molecule is Cc1cccc(OCC(=O)N(Cc2cccc(Cl)c2)[C@@H](C)C(=O)NC(C)C)c1C. The Bertz CT molecular complexity index is 867. The number of amides is 2. The fourth-order valence-corrected chi connectivity index (χ4v) is 3.14. The van der Waals surface area contributed by atoms with E-state index in [2.05, 4.69) is 5.32 Å². The number of carbonyl (C=O) groups is 2. The Labute approximate surface area is 178 Å². The molecular weight excluding hydrogens is 388 g/mol. The second-order valence-corrected chi connectivity index (χ2v) is 7.91. The summed E-state index contributed by atoms with van der Waals surface area (Å²) in [6.45, 7) is 9.56. The van der Waals surface area contributed by atoms with Crippen LogP contribution in [0.1, 0.15) is 37.5 Å². The normalized spacial score (nSPS) is 11.8. The maximum absolute atomic E-state index is 13.0. The topological polar surface area (TPSA) is 58.6 Å². The lowest BCUT2D eigenvalue weighted by Gasteiger charge is -2.29. The molecule has 0 saturated heterocycles. The van der Waals surface area contributed by atoms with E-state index in [4.69, 9.17) is 16.3 Å². The Hall–Kier alpha value is -2.53. The number of benzene rings is 2. The molecule has 0 aliphatic carbocycles. The molecule has 0 aliphatic rings. The highest BCUT2D eigenvalue weighted by Crippen LogP contribution is 2.21. The van der Waals surface area contributed by atoms with E-state index >= 15 is 0 Å². The van der Waals surface area contributed by atoms with Gasteiger partial charge in [0.05, 0.1) is 0 Å². The summed E-state index contributed by atoms with van der Waals surface area (Å²) < 4.78 is 5.78. The summed E-state index contributed by atoms with van der Waals surface area (Å²) in [4.78, 5) is 27.1. The molecule has 2 amide bonds. The number of carbonyl (C=O) groups excluding carboxylic acids is 2. The van der Waals surface area contributed by atoms with Crippen LogP contribution in [0, 0.1) is 13.8 Å². The first-order chi connectivity index (χ1) is 13.7. The molecule has 6 heteroatoms. The van der Waals surface area contributed by atoms with Gasteiger partial charge >= 0.3 is 0 Å². The van der Waals surface area contributed by atoms with E-state index in [9.17, 15) is 9.59 Å². The molecule has 0 radical (unpaired) electrons. The first-order valence-corrected chi connectivity index (χ1v) is 10.1. The average Bonchev–Trinajstić information content (AvgIpc) is 2.66. The monoisotopic (exact) mass is 416 g/mol. The summed E-state index contributed by atoms with van der Waals surface area (Å²) in [5, 5.41) is 3.45. The summed E-state index contributed by atoms with van der Waals surface area (Å²) in [5.41, 5.74) is 2.93. The molecule has 1 N–H and O–H groups in total. The summed E-state index contributed by atoms with van der Waals surface area (Å²) >= 11 is 6.08. The summed E-state index contributed by atoms with van der Waals surface area (Å²) in [6, 6.07) is 12.3. The van der Waals surface area contributed by atoms with Crippen LogP contribution in [0.15, 0.2) is 42.5 Å². The predicted octanol–water partition coefficient (Wildman–Crippen LogP) is 4.28. The Kier molecular flexibility index (Phi) is 8.09. The molecule has 0 bridgehead atoms. The molecule has 156 valence electrons. The smallest absolute Gasteiger partial charge is 0.261 e. The number of nitrogens with one attached hydrogen (secondary N) is 1. The van der Waals surface area contributed by atoms with Gasteiger partial charge in [0.2, 0.25) is 5.91 Å². The van der Waals surface area contributed by atoms with Crippen molar-refractivity contribution < 1.29 is 14.3 Å². The van der Waals surface area contributed by atoms with Crippen LogP contribution in [-0.4, -0.2) is 35.4 Å². The first kappa shape index (κ1) is 22.8. The Morgan fingerprint density at radius 2 is 1.79 bits per heavy atom. The van der Waals surface area contributed by atoms with E-state index in [1.165, 1.54) is 4.90 Å². The minimum atomic E-state index is -0.647. The summed E-state index contributed by atoms with van der Waals surface area (Å²) in [5.74, 6) is 0.194. The number of aryl methyl sites for hydroxylation is 1. The van der Waals surface area contributed by atoms with E-state index in [-0.39, 0.29) is 31.0 Å². The number of hydrogen-bond donors (Lipinski definition) is 1. The number of rotatable bonds is 8. The fourth-order valence-electron chi connectivity index (χ4n) is 2.92. The molecule has 29 heavy (non-hydrogen) atoms. The lowest BCUT2D eigenvalue weighted by atomic mass is 10.1. The zero-order valence-corrected chi connectivity index (χ0v) is 18.4. The standard InChI is InChI=1S/C23H29ClN2O3/c1-15(2)25-23(28)18(5)26(13-19-9-7-10-20(24)12-19)22(27)14-29-21-11-6-8-16(3)17(21)4/h6-12,15,18H,13-14H2,1-5H3,(H,25,28)/t18-/m0/s1. The molecule has 0 unspecified atom stereocenters. The summed E-state index contributed by atoms with van der Waals surface area (Å²) in [7, 11) is 0. The molecular formula is C23H29ClN2O3.